The highest BCUT2D eigenvalue weighted by molar-refractivity contribution is 5.95. The molecule has 114 valence electrons. The number of Topliss-reactive ketones (excluding diaryl/α,β-unsaturated/α-hetero) is 1. The van der Waals surface area contributed by atoms with E-state index in [4.69, 9.17) is 4.74 Å². The van der Waals surface area contributed by atoms with Crippen LogP contribution in [0.2, 0.25) is 0 Å². The minimum absolute atomic E-state index is 0.0246. The van der Waals surface area contributed by atoms with Crippen LogP contribution in [0.25, 0.3) is 0 Å². The maximum atomic E-state index is 11.8. The Bertz CT molecular complexity index is 529. The van der Waals surface area contributed by atoms with Gasteiger partial charge in [-0.15, -0.1) is 0 Å². The van der Waals surface area contributed by atoms with Crippen molar-refractivity contribution in [2.24, 2.45) is 0 Å². The van der Waals surface area contributed by atoms with E-state index in [0.717, 1.165) is 0 Å². The molecule has 1 aliphatic heterocycles. The van der Waals surface area contributed by atoms with Gasteiger partial charge in [0, 0.05) is 24.3 Å². The van der Waals surface area contributed by atoms with Gasteiger partial charge in [0.05, 0.1) is 12.6 Å². The Labute approximate surface area is 123 Å². The minimum atomic E-state index is -1.02. The third-order valence-corrected chi connectivity index (χ3v) is 3.76. The summed E-state index contributed by atoms with van der Waals surface area (Å²) in [5.74, 6) is -0.0246. The van der Waals surface area contributed by atoms with E-state index in [1.807, 2.05) is 0 Å². The zero-order chi connectivity index (χ0) is 15.5. The highest BCUT2D eigenvalue weighted by Gasteiger charge is 2.39. The van der Waals surface area contributed by atoms with Gasteiger partial charge in [0.2, 0.25) is 0 Å². The third kappa shape index (κ3) is 3.80. The zero-order valence-electron chi connectivity index (χ0n) is 12.2. The molecule has 1 aliphatic rings. The fraction of sp³-hybridized carbons (Fsp3) is 0.467. The molecule has 2 rings (SSSR count). The van der Waals surface area contributed by atoms with Gasteiger partial charge in [-0.25, -0.2) is 4.79 Å². The van der Waals surface area contributed by atoms with Crippen LogP contribution in [0.3, 0.4) is 0 Å². The molecule has 1 heterocycles. The van der Waals surface area contributed by atoms with Crippen molar-refractivity contribution in [2.45, 2.75) is 32.0 Å². The van der Waals surface area contributed by atoms with E-state index in [1.165, 1.54) is 6.92 Å². The predicted molar refractivity (Wildman–Crippen MR) is 78.4 cm³/mol. The number of hydrogen-bond donors (Lipinski definition) is 3. The number of hydrogen-bond acceptors (Lipinski definition) is 4. The molecular weight excluding hydrogens is 272 g/mol. The van der Waals surface area contributed by atoms with Crippen molar-refractivity contribution >= 4 is 17.5 Å². The van der Waals surface area contributed by atoms with Crippen molar-refractivity contribution in [3.63, 3.8) is 0 Å². The Morgan fingerprint density at radius 3 is 2.57 bits per heavy atom. The molecule has 2 amide bonds. The molecule has 0 spiro atoms. The Morgan fingerprint density at radius 1 is 1.38 bits per heavy atom. The van der Waals surface area contributed by atoms with E-state index in [9.17, 15) is 14.7 Å². The van der Waals surface area contributed by atoms with Crippen molar-refractivity contribution in [3.8, 4) is 0 Å². The molecule has 1 aromatic carbocycles. The van der Waals surface area contributed by atoms with E-state index in [1.54, 1.807) is 31.2 Å². The normalized spacial score (nSPS) is 24.6. The second-order valence-corrected chi connectivity index (χ2v) is 5.31. The molecule has 0 aromatic heterocycles. The van der Waals surface area contributed by atoms with Crippen molar-refractivity contribution < 1.29 is 19.4 Å². The zero-order valence-corrected chi connectivity index (χ0v) is 12.2. The van der Waals surface area contributed by atoms with Crippen LogP contribution in [-0.4, -0.2) is 41.8 Å². The second-order valence-electron chi connectivity index (χ2n) is 5.31. The van der Waals surface area contributed by atoms with Crippen LogP contribution in [0.15, 0.2) is 24.3 Å². The first kappa shape index (κ1) is 15.5. The highest BCUT2D eigenvalue weighted by Crippen LogP contribution is 2.24. The van der Waals surface area contributed by atoms with Crippen LogP contribution in [0, 0.1) is 0 Å². The van der Waals surface area contributed by atoms with Crippen molar-refractivity contribution in [1.29, 1.82) is 0 Å². The van der Waals surface area contributed by atoms with Gasteiger partial charge in [-0.1, -0.05) is 0 Å². The summed E-state index contributed by atoms with van der Waals surface area (Å²) in [5.41, 5.74) is 0.155. The lowest BCUT2D eigenvalue weighted by molar-refractivity contribution is -0.0241. The summed E-state index contributed by atoms with van der Waals surface area (Å²) in [6.45, 7) is 3.90. The lowest BCUT2D eigenvalue weighted by Crippen LogP contribution is -2.48. The first-order chi connectivity index (χ1) is 9.90. The number of ether oxygens (including phenoxy) is 1. The molecule has 1 fully saturated rings. The van der Waals surface area contributed by atoms with Crippen molar-refractivity contribution in [2.75, 3.05) is 18.5 Å². The van der Waals surface area contributed by atoms with Crippen molar-refractivity contribution in [3.05, 3.63) is 29.8 Å². The van der Waals surface area contributed by atoms with Crippen LogP contribution in [0.1, 0.15) is 30.6 Å². The Morgan fingerprint density at radius 2 is 2.05 bits per heavy atom. The monoisotopic (exact) mass is 292 g/mol. The number of ketones is 1. The van der Waals surface area contributed by atoms with Gasteiger partial charge in [-0.3, -0.25) is 4.79 Å². The number of rotatable bonds is 4. The van der Waals surface area contributed by atoms with Gasteiger partial charge in [-0.2, -0.15) is 0 Å². The standard InChI is InChI=1S/C15H20N2O4/c1-10(18)12-3-5-13(6-4-12)17-14(19)16-9-15(20)7-8-21-11(15)2/h3-6,11,20H,7-9H2,1-2H3,(H2,16,17,19). The molecule has 1 aromatic rings. The molecule has 6 heteroatoms. The number of carbonyl (C=O) groups excluding carboxylic acids is 2. The second kappa shape index (κ2) is 6.24. The number of anilines is 1. The topological polar surface area (TPSA) is 87.7 Å². The van der Waals surface area contributed by atoms with Crippen LogP contribution < -0.4 is 10.6 Å². The summed E-state index contributed by atoms with van der Waals surface area (Å²) in [5, 5.41) is 15.6. The lowest BCUT2D eigenvalue weighted by atomic mass is 9.97. The first-order valence-corrected chi connectivity index (χ1v) is 6.90. The molecule has 3 N–H and O–H groups in total. The van der Waals surface area contributed by atoms with Crippen LogP contribution >= 0.6 is 0 Å². The summed E-state index contributed by atoms with van der Waals surface area (Å²) in [4.78, 5) is 23.0. The molecular formula is C15H20N2O4. The van der Waals surface area contributed by atoms with E-state index in [2.05, 4.69) is 10.6 Å². The fourth-order valence-corrected chi connectivity index (χ4v) is 2.20. The van der Waals surface area contributed by atoms with Crippen LogP contribution in [-0.2, 0) is 4.74 Å². The molecule has 21 heavy (non-hydrogen) atoms. The molecule has 0 saturated carbocycles. The lowest BCUT2D eigenvalue weighted by Gasteiger charge is -2.26. The van der Waals surface area contributed by atoms with Gasteiger partial charge in [0.15, 0.2) is 5.78 Å². The average molecular weight is 292 g/mol. The largest absolute Gasteiger partial charge is 0.385 e. The molecule has 2 atom stereocenters. The Kier molecular flexibility index (Phi) is 4.59. The number of nitrogens with one attached hydrogen (secondary N) is 2. The summed E-state index contributed by atoms with van der Waals surface area (Å²) in [6.07, 6.45) is 0.203. The molecule has 2 unspecified atom stereocenters. The number of amides is 2. The predicted octanol–water partition coefficient (Wildman–Crippen LogP) is 1.55. The maximum absolute atomic E-state index is 11.8. The number of carbonyl (C=O) groups is 2. The highest BCUT2D eigenvalue weighted by atomic mass is 16.5. The van der Waals surface area contributed by atoms with E-state index < -0.39 is 11.6 Å². The van der Waals surface area contributed by atoms with Gasteiger partial charge in [0.25, 0.3) is 0 Å². The van der Waals surface area contributed by atoms with Gasteiger partial charge >= 0.3 is 6.03 Å². The Hall–Kier alpha value is -1.92. The smallest absolute Gasteiger partial charge is 0.319 e. The molecule has 6 nitrogen and oxygen atoms in total. The molecule has 0 aliphatic carbocycles. The third-order valence-electron chi connectivity index (χ3n) is 3.76. The number of aliphatic hydroxyl groups is 1. The van der Waals surface area contributed by atoms with Crippen molar-refractivity contribution in [1.82, 2.24) is 5.32 Å². The van der Waals surface area contributed by atoms with E-state index in [0.29, 0.717) is 24.3 Å². The minimum Gasteiger partial charge on any atom is -0.385 e. The summed E-state index contributed by atoms with van der Waals surface area (Å²) in [6, 6.07) is 6.22. The number of urea groups is 1. The van der Waals surface area contributed by atoms with Crippen LogP contribution in [0.5, 0.6) is 0 Å². The maximum Gasteiger partial charge on any atom is 0.319 e. The average Bonchev–Trinajstić information content (AvgIpc) is 2.78. The summed E-state index contributed by atoms with van der Waals surface area (Å²) >= 11 is 0. The van der Waals surface area contributed by atoms with Gasteiger partial charge in [-0.05, 0) is 38.1 Å². The summed E-state index contributed by atoms with van der Waals surface area (Å²) < 4.78 is 5.30. The van der Waals surface area contributed by atoms with Gasteiger partial charge in [0.1, 0.15) is 5.60 Å². The fourth-order valence-electron chi connectivity index (χ4n) is 2.20. The van der Waals surface area contributed by atoms with E-state index in [-0.39, 0.29) is 18.4 Å². The van der Waals surface area contributed by atoms with E-state index >= 15 is 0 Å². The first-order valence-electron chi connectivity index (χ1n) is 6.90. The molecule has 0 radical (unpaired) electrons. The van der Waals surface area contributed by atoms with Crippen LogP contribution in [0.4, 0.5) is 10.5 Å². The number of benzene rings is 1. The quantitative estimate of drug-likeness (QED) is 0.735. The SMILES string of the molecule is CC(=O)c1ccc(NC(=O)NCC2(O)CCOC2C)cc1. The molecule has 0 bridgehead atoms. The Balaban J connectivity index is 1.85. The molecule has 1 saturated heterocycles. The summed E-state index contributed by atoms with van der Waals surface area (Å²) in [7, 11) is 0. The van der Waals surface area contributed by atoms with Gasteiger partial charge < -0.3 is 20.5 Å².